The summed E-state index contributed by atoms with van der Waals surface area (Å²) in [6, 6.07) is 7.79. The van der Waals surface area contributed by atoms with E-state index in [9.17, 15) is 10.1 Å². The van der Waals surface area contributed by atoms with Crippen molar-refractivity contribution < 1.29 is 4.92 Å². The molecule has 9 heteroatoms. The van der Waals surface area contributed by atoms with Crippen molar-refractivity contribution >= 4 is 57.6 Å². The van der Waals surface area contributed by atoms with Gasteiger partial charge in [-0.2, -0.15) is 0 Å². The molecular formula is C16H15Cl3N4O2. The molecule has 0 aromatic heterocycles. The molecule has 2 aromatic carbocycles. The number of azo groups is 1. The Labute approximate surface area is 160 Å². The summed E-state index contributed by atoms with van der Waals surface area (Å²) in [6.45, 7) is 5.84. The number of anilines is 1. The van der Waals surface area contributed by atoms with Crippen LogP contribution in [0.15, 0.2) is 40.6 Å². The zero-order chi connectivity index (χ0) is 18.6. The number of nitrogens with zero attached hydrogens (tertiary/aromatic N) is 4. The Morgan fingerprint density at radius 3 is 2.08 bits per heavy atom. The average molecular weight is 402 g/mol. The standard InChI is InChI=1S/C16H15Cl3N4O2/c1-3-22(4-2)10-5-6-15(12(17)7-10)20-21-16-13(18)8-11(23(24)25)9-14(16)19/h5-9H,3-4H2,1-2H3. The van der Waals surface area contributed by atoms with Crippen LogP contribution in [0.1, 0.15) is 13.8 Å². The summed E-state index contributed by atoms with van der Waals surface area (Å²) in [4.78, 5) is 12.4. The summed E-state index contributed by atoms with van der Waals surface area (Å²) in [6.07, 6.45) is 0. The molecule has 0 bridgehead atoms. The fourth-order valence-electron chi connectivity index (χ4n) is 2.22. The lowest BCUT2D eigenvalue weighted by Crippen LogP contribution is -2.21. The van der Waals surface area contributed by atoms with Gasteiger partial charge in [-0.15, -0.1) is 10.2 Å². The van der Waals surface area contributed by atoms with Crippen LogP contribution in [0.4, 0.5) is 22.7 Å². The highest BCUT2D eigenvalue weighted by molar-refractivity contribution is 6.39. The second kappa shape index (κ2) is 8.47. The predicted molar refractivity (Wildman–Crippen MR) is 102 cm³/mol. The topological polar surface area (TPSA) is 71.1 Å². The lowest BCUT2D eigenvalue weighted by Gasteiger charge is -2.21. The van der Waals surface area contributed by atoms with E-state index in [1.165, 1.54) is 12.1 Å². The highest BCUT2D eigenvalue weighted by Crippen LogP contribution is 2.38. The SMILES string of the molecule is CCN(CC)c1ccc(N=Nc2c(Cl)cc([N+](=O)[O-])cc2Cl)c(Cl)c1. The molecule has 0 N–H and O–H groups in total. The maximum Gasteiger partial charge on any atom is 0.272 e. The van der Waals surface area contributed by atoms with E-state index in [0.29, 0.717) is 10.7 Å². The Hall–Kier alpha value is -1.89. The van der Waals surface area contributed by atoms with Crippen molar-refractivity contribution in [2.45, 2.75) is 13.8 Å². The number of nitro benzene ring substituents is 1. The highest BCUT2D eigenvalue weighted by Gasteiger charge is 2.14. The first-order chi connectivity index (χ1) is 11.9. The van der Waals surface area contributed by atoms with E-state index in [4.69, 9.17) is 34.8 Å². The lowest BCUT2D eigenvalue weighted by molar-refractivity contribution is -0.384. The zero-order valence-electron chi connectivity index (χ0n) is 13.5. The summed E-state index contributed by atoms with van der Waals surface area (Å²) in [5.41, 5.74) is 1.37. The Kier molecular flexibility index (Phi) is 6.58. The van der Waals surface area contributed by atoms with Crippen molar-refractivity contribution in [3.63, 3.8) is 0 Å². The molecule has 0 aliphatic heterocycles. The fraction of sp³-hybridized carbons (Fsp3) is 0.250. The summed E-state index contributed by atoms with van der Waals surface area (Å²) in [5.74, 6) is 0. The van der Waals surface area contributed by atoms with Gasteiger partial charge in [0.05, 0.1) is 20.0 Å². The minimum atomic E-state index is -0.582. The second-order valence-electron chi connectivity index (χ2n) is 5.02. The Bertz CT molecular complexity index is 800. The molecule has 0 amide bonds. The van der Waals surface area contributed by atoms with Gasteiger partial charge in [-0.3, -0.25) is 10.1 Å². The zero-order valence-corrected chi connectivity index (χ0v) is 15.8. The van der Waals surface area contributed by atoms with Crippen molar-refractivity contribution in [1.29, 1.82) is 0 Å². The highest BCUT2D eigenvalue weighted by atomic mass is 35.5. The monoisotopic (exact) mass is 400 g/mol. The molecule has 0 unspecified atom stereocenters. The van der Waals surface area contributed by atoms with E-state index in [-0.39, 0.29) is 21.4 Å². The summed E-state index contributed by atoms with van der Waals surface area (Å²) < 4.78 is 0. The molecule has 0 fully saturated rings. The molecule has 25 heavy (non-hydrogen) atoms. The van der Waals surface area contributed by atoms with Gasteiger partial charge < -0.3 is 4.90 Å². The van der Waals surface area contributed by atoms with Crippen LogP contribution < -0.4 is 4.90 Å². The Morgan fingerprint density at radius 1 is 1.00 bits per heavy atom. The van der Waals surface area contributed by atoms with Crippen LogP contribution in [0.5, 0.6) is 0 Å². The third kappa shape index (κ3) is 4.60. The molecule has 6 nitrogen and oxygen atoms in total. The Morgan fingerprint density at radius 2 is 1.60 bits per heavy atom. The molecule has 2 aromatic rings. The van der Waals surface area contributed by atoms with E-state index in [1.54, 1.807) is 6.07 Å². The second-order valence-corrected chi connectivity index (χ2v) is 6.24. The molecule has 0 atom stereocenters. The van der Waals surface area contributed by atoms with Crippen LogP contribution in [0.3, 0.4) is 0 Å². The number of nitro groups is 1. The molecule has 0 heterocycles. The average Bonchev–Trinajstić information content (AvgIpc) is 2.56. The van der Waals surface area contributed by atoms with Crippen molar-refractivity contribution in [2.75, 3.05) is 18.0 Å². The van der Waals surface area contributed by atoms with Crippen LogP contribution in [0.2, 0.25) is 15.1 Å². The maximum absolute atomic E-state index is 10.8. The summed E-state index contributed by atoms with van der Waals surface area (Å²) in [7, 11) is 0. The molecule has 2 rings (SSSR count). The van der Waals surface area contributed by atoms with Crippen LogP contribution in [-0.2, 0) is 0 Å². The first-order valence-corrected chi connectivity index (χ1v) is 8.60. The normalized spacial score (nSPS) is 11.1. The lowest BCUT2D eigenvalue weighted by atomic mass is 10.2. The Balaban J connectivity index is 2.32. The van der Waals surface area contributed by atoms with Crippen LogP contribution in [0, 0.1) is 10.1 Å². The smallest absolute Gasteiger partial charge is 0.272 e. The van der Waals surface area contributed by atoms with Gasteiger partial charge in [0.2, 0.25) is 0 Å². The van der Waals surface area contributed by atoms with Gasteiger partial charge in [0.25, 0.3) is 5.69 Å². The van der Waals surface area contributed by atoms with E-state index in [0.717, 1.165) is 18.8 Å². The third-order valence-electron chi connectivity index (χ3n) is 3.53. The molecule has 0 saturated carbocycles. The van der Waals surface area contributed by atoms with Crippen LogP contribution in [-0.4, -0.2) is 18.0 Å². The summed E-state index contributed by atoms with van der Waals surface area (Å²) >= 11 is 18.3. The van der Waals surface area contributed by atoms with Crippen molar-refractivity contribution in [3.05, 3.63) is 55.5 Å². The van der Waals surface area contributed by atoms with E-state index >= 15 is 0 Å². The molecule has 0 aliphatic rings. The first-order valence-electron chi connectivity index (χ1n) is 7.47. The van der Waals surface area contributed by atoms with Crippen molar-refractivity contribution in [2.24, 2.45) is 10.2 Å². The molecule has 0 radical (unpaired) electrons. The van der Waals surface area contributed by atoms with E-state index < -0.39 is 4.92 Å². The van der Waals surface area contributed by atoms with Gasteiger partial charge >= 0.3 is 0 Å². The molecule has 0 aliphatic carbocycles. The molecular weight excluding hydrogens is 387 g/mol. The number of non-ortho nitro benzene ring substituents is 1. The largest absolute Gasteiger partial charge is 0.372 e. The van der Waals surface area contributed by atoms with E-state index in [2.05, 4.69) is 29.0 Å². The van der Waals surface area contributed by atoms with Crippen molar-refractivity contribution in [1.82, 2.24) is 0 Å². The predicted octanol–water partition coefficient (Wildman–Crippen LogP) is 6.82. The van der Waals surface area contributed by atoms with Crippen LogP contribution >= 0.6 is 34.8 Å². The van der Waals surface area contributed by atoms with Gasteiger partial charge in [0.1, 0.15) is 11.4 Å². The van der Waals surface area contributed by atoms with Gasteiger partial charge in [0, 0.05) is 30.9 Å². The quantitative estimate of drug-likeness (QED) is 0.303. The minimum Gasteiger partial charge on any atom is -0.372 e. The third-order valence-corrected chi connectivity index (χ3v) is 4.41. The van der Waals surface area contributed by atoms with Gasteiger partial charge in [0.15, 0.2) is 0 Å². The minimum absolute atomic E-state index is 0.0406. The van der Waals surface area contributed by atoms with Crippen LogP contribution in [0.25, 0.3) is 0 Å². The number of hydrogen-bond donors (Lipinski definition) is 0. The van der Waals surface area contributed by atoms with Gasteiger partial charge in [-0.05, 0) is 32.0 Å². The van der Waals surface area contributed by atoms with Gasteiger partial charge in [-0.1, -0.05) is 34.8 Å². The van der Waals surface area contributed by atoms with Crippen molar-refractivity contribution in [3.8, 4) is 0 Å². The fourth-order valence-corrected chi connectivity index (χ4v) is 2.98. The van der Waals surface area contributed by atoms with Gasteiger partial charge in [-0.25, -0.2) is 0 Å². The number of benzene rings is 2. The number of hydrogen-bond acceptors (Lipinski definition) is 5. The molecule has 0 spiro atoms. The number of halogens is 3. The molecule has 0 saturated heterocycles. The maximum atomic E-state index is 10.8. The van der Waals surface area contributed by atoms with E-state index in [1.807, 2.05) is 12.1 Å². The summed E-state index contributed by atoms with van der Waals surface area (Å²) in [5, 5.41) is 19.4. The first kappa shape index (κ1) is 19.4. The number of rotatable bonds is 6. The molecule has 132 valence electrons.